The van der Waals surface area contributed by atoms with Crippen molar-refractivity contribution < 1.29 is 14.3 Å². The predicted molar refractivity (Wildman–Crippen MR) is 73.5 cm³/mol. The highest BCUT2D eigenvalue weighted by Crippen LogP contribution is 2.28. The first kappa shape index (κ1) is 14.4. The third-order valence-electron chi connectivity index (χ3n) is 3.23. The van der Waals surface area contributed by atoms with Crippen LogP contribution in [0.2, 0.25) is 0 Å². The molecule has 0 N–H and O–H groups in total. The zero-order chi connectivity index (χ0) is 13.7. The summed E-state index contributed by atoms with van der Waals surface area (Å²) in [6.07, 6.45) is 8.04. The molecule has 1 aliphatic rings. The molecule has 106 valence electrons. The van der Waals surface area contributed by atoms with E-state index in [2.05, 4.69) is 10.3 Å². The molecule has 1 aliphatic carbocycles. The first-order valence-corrected chi connectivity index (χ1v) is 7.94. The maximum atomic E-state index is 11.7. The highest BCUT2D eigenvalue weighted by molar-refractivity contribution is 8.00. The Labute approximate surface area is 118 Å². The van der Waals surface area contributed by atoms with Crippen LogP contribution in [-0.2, 0) is 0 Å². The SMILES string of the molecule is CC(C)[n+]1cc(/N=C(\[O-])CSC2CCCCC2)on1. The molecule has 1 fully saturated rings. The average molecular weight is 283 g/mol. The molecule has 2 rings (SSSR count). The Balaban J connectivity index is 1.83. The molecule has 1 aromatic rings. The summed E-state index contributed by atoms with van der Waals surface area (Å²) < 4.78 is 6.66. The highest BCUT2D eigenvalue weighted by atomic mass is 32.2. The second-order valence-electron chi connectivity index (χ2n) is 5.19. The van der Waals surface area contributed by atoms with E-state index in [0.29, 0.717) is 16.9 Å². The van der Waals surface area contributed by atoms with Gasteiger partial charge in [0.05, 0.1) is 0 Å². The van der Waals surface area contributed by atoms with E-state index in [1.54, 1.807) is 22.6 Å². The van der Waals surface area contributed by atoms with E-state index in [4.69, 9.17) is 4.52 Å². The second-order valence-corrected chi connectivity index (χ2v) is 6.48. The molecule has 0 aromatic carbocycles. The second kappa shape index (κ2) is 6.93. The van der Waals surface area contributed by atoms with E-state index in [0.717, 1.165) is 0 Å². The van der Waals surface area contributed by atoms with Crippen LogP contribution in [-0.4, -0.2) is 22.2 Å². The molecule has 19 heavy (non-hydrogen) atoms. The van der Waals surface area contributed by atoms with Crippen LogP contribution in [0.4, 0.5) is 5.88 Å². The normalized spacial score (nSPS) is 18.2. The van der Waals surface area contributed by atoms with E-state index in [1.165, 1.54) is 32.1 Å². The Bertz CT molecular complexity index is 425. The molecular formula is C13H21N3O2S. The Morgan fingerprint density at radius 3 is 2.89 bits per heavy atom. The van der Waals surface area contributed by atoms with Crippen molar-refractivity contribution in [3.63, 3.8) is 0 Å². The van der Waals surface area contributed by atoms with Crippen LogP contribution in [0.15, 0.2) is 15.7 Å². The third-order valence-corrected chi connectivity index (χ3v) is 4.59. The van der Waals surface area contributed by atoms with Crippen molar-refractivity contribution in [3.8, 4) is 0 Å². The summed E-state index contributed by atoms with van der Waals surface area (Å²) in [5.41, 5.74) is 0. The summed E-state index contributed by atoms with van der Waals surface area (Å²) in [6, 6.07) is 0.208. The molecule has 1 aromatic heterocycles. The van der Waals surface area contributed by atoms with Gasteiger partial charge in [0.15, 0.2) is 6.04 Å². The van der Waals surface area contributed by atoms with Crippen molar-refractivity contribution in [2.45, 2.75) is 57.2 Å². The minimum absolute atomic E-state index is 0.136. The van der Waals surface area contributed by atoms with Gasteiger partial charge >= 0.3 is 5.88 Å². The van der Waals surface area contributed by atoms with E-state index >= 15 is 0 Å². The van der Waals surface area contributed by atoms with E-state index in [1.807, 2.05) is 13.8 Å². The number of aromatic nitrogens is 2. The summed E-state index contributed by atoms with van der Waals surface area (Å²) in [6.45, 7) is 3.99. The fraction of sp³-hybridized carbons (Fsp3) is 0.769. The van der Waals surface area contributed by atoms with Crippen LogP contribution in [0.5, 0.6) is 0 Å². The molecule has 0 atom stereocenters. The van der Waals surface area contributed by atoms with Crippen molar-refractivity contribution in [2.75, 3.05) is 5.75 Å². The van der Waals surface area contributed by atoms with Crippen LogP contribution >= 0.6 is 11.8 Å². The maximum absolute atomic E-state index is 11.7. The summed E-state index contributed by atoms with van der Waals surface area (Å²) in [5.74, 6) is 0.595. The Morgan fingerprint density at radius 1 is 1.53 bits per heavy atom. The smallest absolute Gasteiger partial charge is 0.320 e. The van der Waals surface area contributed by atoms with Gasteiger partial charge in [-0.15, -0.1) is 0 Å². The molecule has 1 heterocycles. The van der Waals surface area contributed by atoms with Gasteiger partial charge in [-0.05, 0) is 37.3 Å². The number of hydrogen-bond donors (Lipinski definition) is 0. The molecule has 0 aliphatic heterocycles. The quantitative estimate of drug-likeness (QED) is 0.471. The minimum atomic E-state index is -0.136. The first-order valence-electron chi connectivity index (χ1n) is 6.89. The van der Waals surface area contributed by atoms with Crippen LogP contribution in [0.3, 0.4) is 0 Å². The molecule has 0 amide bonds. The number of nitrogens with zero attached hydrogens (tertiary/aromatic N) is 3. The molecule has 1 saturated carbocycles. The van der Waals surface area contributed by atoms with Crippen LogP contribution in [0.25, 0.3) is 0 Å². The summed E-state index contributed by atoms with van der Waals surface area (Å²) >= 11 is 1.73. The molecule has 6 heteroatoms. The zero-order valence-corrected chi connectivity index (χ0v) is 12.4. The van der Waals surface area contributed by atoms with Gasteiger partial charge in [0.1, 0.15) is 0 Å². The van der Waals surface area contributed by atoms with E-state index in [-0.39, 0.29) is 11.9 Å². The van der Waals surface area contributed by atoms with Gasteiger partial charge in [-0.2, -0.15) is 11.8 Å². The lowest BCUT2D eigenvalue weighted by Crippen LogP contribution is -2.36. The van der Waals surface area contributed by atoms with Gasteiger partial charge in [-0.1, -0.05) is 19.3 Å². The fourth-order valence-corrected chi connectivity index (χ4v) is 3.23. The van der Waals surface area contributed by atoms with Crippen molar-refractivity contribution in [3.05, 3.63) is 6.20 Å². The predicted octanol–water partition coefficient (Wildman–Crippen LogP) is 2.00. The number of rotatable bonds is 5. The molecule has 0 saturated heterocycles. The van der Waals surface area contributed by atoms with Crippen LogP contribution in [0.1, 0.15) is 52.0 Å². The third kappa shape index (κ3) is 4.53. The highest BCUT2D eigenvalue weighted by Gasteiger charge is 2.15. The Kier molecular flexibility index (Phi) is 5.24. The number of hydrogen-bond acceptors (Lipinski definition) is 5. The van der Waals surface area contributed by atoms with Gasteiger partial charge in [0.2, 0.25) is 5.27 Å². The lowest BCUT2D eigenvalue weighted by Gasteiger charge is -2.22. The van der Waals surface area contributed by atoms with Crippen molar-refractivity contribution in [2.24, 2.45) is 4.99 Å². The minimum Gasteiger partial charge on any atom is -0.861 e. The molecule has 0 spiro atoms. The lowest BCUT2D eigenvalue weighted by atomic mass is 10.0. The molecule has 0 bridgehead atoms. The Hall–Kier alpha value is -1.04. The summed E-state index contributed by atoms with van der Waals surface area (Å²) in [7, 11) is 0. The summed E-state index contributed by atoms with van der Waals surface area (Å²) in [4.78, 5) is 3.94. The van der Waals surface area contributed by atoms with Gasteiger partial charge in [-0.25, -0.2) is 4.99 Å². The largest absolute Gasteiger partial charge is 0.861 e. The monoisotopic (exact) mass is 283 g/mol. The van der Waals surface area contributed by atoms with E-state index < -0.39 is 0 Å². The van der Waals surface area contributed by atoms with Gasteiger partial charge in [0.25, 0.3) is 6.20 Å². The maximum Gasteiger partial charge on any atom is 0.320 e. The van der Waals surface area contributed by atoms with Crippen molar-refractivity contribution >= 4 is 23.5 Å². The summed E-state index contributed by atoms with van der Waals surface area (Å²) in [5, 5.41) is 16.2. The van der Waals surface area contributed by atoms with E-state index in [9.17, 15) is 5.11 Å². The van der Waals surface area contributed by atoms with Crippen molar-refractivity contribution in [1.29, 1.82) is 0 Å². The van der Waals surface area contributed by atoms with Crippen LogP contribution < -0.4 is 9.79 Å². The van der Waals surface area contributed by atoms with Crippen LogP contribution in [0, 0.1) is 0 Å². The standard InChI is InChI=1S/C13H21N3O2S/c1-10(2)16-8-13(18-15-16)14-12(17)9-19-11-6-4-3-5-7-11/h8,10-11H,3-7,9H2,1-2H3. The lowest BCUT2D eigenvalue weighted by molar-refractivity contribution is -0.779. The van der Waals surface area contributed by atoms with Crippen molar-refractivity contribution in [1.82, 2.24) is 5.27 Å². The Morgan fingerprint density at radius 2 is 2.26 bits per heavy atom. The first-order chi connectivity index (χ1) is 9.15. The molecule has 0 radical (unpaired) electrons. The molecular weight excluding hydrogens is 262 g/mol. The van der Waals surface area contributed by atoms with Gasteiger partial charge in [0, 0.05) is 11.0 Å². The molecule has 0 unspecified atom stereocenters. The number of thioether (sulfide) groups is 1. The number of aliphatic imine (C=N–C) groups is 1. The van der Waals surface area contributed by atoms with Gasteiger partial charge < -0.3 is 5.11 Å². The average Bonchev–Trinajstić information content (AvgIpc) is 2.86. The zero-order valence-electron chi connectivity index (χ0n) is 11.5. The topological polar surface area (TPSA) is 65.3 Å². The van der Waals surface area contributed by atoms with Gasteiger partial charge in [-0.3, -0.25) is 4.52 Å². The molecule has 5 nitrogen and oxygen atoms in total. The fourth-order valence-electron chi connectivity index (χ4n) is 2.12.